The van der Waals surface area contributed by atoms with E-state index in [2.05, 4.69) is 74.2 Å². The third-order valence-electron chi connectivity index (χ3n) is 10.5. The maximum Gasteiger partial charge on any atom is 0.307 e. The zero-order valence-corrected chi connectivity index (χ0v) is 29.4. The van der Waals surface area contributed by atoms with Crippen molar-refractivity contribution >= 4 is 50.9 Å². The smallest absolute Gasteiger partial charge is 0.307 e. The predicted octanol–water partition coefficient (Wildman–Crippen LogP) is 7.33. The number of hydrogen-bond donors (Lipinski definition) is 4. The minimum absolute atomic E-state index is 0.246. The Balaban J connectivity index is 1.05. The van der Waals surface area contributed by atoms with Gasteiger partial charge in [0.1, 0.15) is 5.52 Å². The van der Waals surface area contributed by atoms with E-state index in [0.29, 0.717) is 36.9 Å². The number of carbonyl (C=O) groups is 1. The molecule has 2 aliphatic heterocycles. The number of aliphatic hydroxyl groups excluding tert-OH is 1. The number of rotatable bonds is 9. The molecular weight excluding hydrogens is 662 g/mol. The molecule has 0 spiro atoms. The number of likely N-dealkylation sites (tertiary alicyclic amines) is 2. The molecule has 2 fully saturated rings. The number of anilines is 2. The number of halogens is 1. The van der Waals surface area contributed by atoms with Crippen molar-refractivity contribution in [3.63, 3.8) is 0 Å². The second kappa shape index (κ2) is 13.7. The fraction of sp³-hybridized carbons (Fsp3) is 0.300. The Labute approximate surface area is 301 Å². The van der Waals surface area contributed by atoms with Gasteiger partial charge in [-0.25, -0.2) is 4.98 Å². The SMILES string of the molecule is Cc1c(Nc2nccc3cc(CN4CC[C@@H](O)C4)cnc23)cccc1-c1cncc(-c2cc3cc(CN4CC[C@@H](C(=O)O)C4)cc(Cl)c3[nH]2)c1C. The van der Waals surface area contributed by atoms with Crippen LogP contribution in [0.1, 0.15) is 35.1 Å². The maximum absolute atomic E-state index is 11.4. The van der Waals surface area contributed by atoms with Crippen LogP contribution in [0.15, 0.2) is 73.3 Å². The maximum atomic E-state index is 11.4. The summed E-state index contributed by atoms with van der Waals surface area (Å²) in [5.74, 6) is -0.344. The van der Waals surface area contributed by atoms with Crippen LogP contribution >= 0.6 is 11.6 Å². The monoisotopic (exact) mass is 701 g/mol. The third kappa shape index (κ3) is 6.68. The van der Waals surface area contributed by atoms with Gasteiger partial charge in [0.15, 0.2) is 5.82 Å². The summed E-state index contributed by atoms with van der Waals surface area (Å²) >= 11 is 6.80. The largest absolute Gasteiger partial charge is 0.481 e. The van der Waals surface area contributed by atoms with Crippen LogP contribution in [-0.2, 0) is 17.9 Å². The third-order valence-corrected chi connectivity index (χ3v) is 10.8. The number of aromatic nitrogens is 4. The van der Waals surface area contributed by atoms with Gasteiger partial charge in [0.2, 0.25) is 0 Å². The minimum Gasteiger partial charge on any atom is -0.481 e. The van der Waals surface area contributed by atoms with E-state index in [9.17, 15) is 15.0 Å². The Morgan fingerprint density at radius 1 is 0.902 bits per heavy atom. The van der Waals surface area contributed by atoms with E-state index >= 15 is 0 Å². The van der Waals surface area contributed by atoms with E-state index in [0.717, 1.165) is 98.2 Å². The Hall–Kier alpha value is -4.87. The Morgan fingerprint density at radius 2 is 1.69 bits per heavy atom. The summed E-state index contributed by atoms with van der Waals surface area (Å²) in [4.78, 5) is 33.6. The highest BCUT2D eigenvalue weighted by Crippen LogP contribution is 2.38. The van der Waals surface area contributed by atoms with Gasteiger partial charge in [0.25, 0.3) is 0 Å². The highest BCUT2D eigenvalue weighted by molar-refractivity contribution is 6.35. The van der Waals surface area contributed by atoms with Gasteiger partial charge < -0.3 is 20.5 Å². The molecule has 0 aliphatic carbocycles. The lowest BCUT2D eigenvalue weighted by atomic mass is 9.94. The molecule has 0 bridgehead atoms. The minimum atomic E-state index is -0.727. The first-order valence-electron chi connectivity index (χ1n) is 17.4. The van der Waals surface area contributed by atoms with Crippen LogP contribution in [0.5, 0.6) is 0 Å². The highest BCUT2D eigenvalue weighted by atomic mass is 35.5. The standard InChI is InChI=1S/C40H40ClN7O3/c1-23-32(17-42-18-33(23)36-15-29-12-25(14-34(41)37(29)45-36)19-47-10-7-28(21-47)40(50)51)31-4-3-5-35(24(31)2)46-39-38-27(6-9-43-39)13-26(16-44-38)20-48-11-8-30(49)22-48/h3-6,9,12-18,28,30,45,49H,7-8,10-11,19-22H2,1-2H3,(H,43,46)(H,50,51)/t28-,30-/m1/s1. The van der Waals surface area contributed by atoms with Gasteiger partial charge in [-0.3, -0.25) is 24.6 Å². The zero-order chi connectivity index (χ0) is 35.2. The molecule has 4 aromatic heterocycles. The Bertz CT molecular complexity index is 2290. The number of nitrogens with zero attached hydrogens (tertiary/aromatic N) is 5. The molecular formula is C40H40ClN7O3. The number of β-amino-alcohol motifs (C(OH)–C–C–N with tert-alkyl or cyclic N) is 1. The average Bonchev–Trinajstić information content (AvgIpc) is 3.86. The molecule has 2 aromatic carbocycles. The number of hydrogen-bond acceptors (Lipinski definition) is 8. The number of nitrogens with one attached hydrogen (secondary N) is 2. The molecule has 0 amide bonds. The molecule has 2 aliphatic rings. The van der Waals surface area contributed by atoms with Crippen molar-refractivity contribution in [2.45, 2.75) is 45.9 Å². The Morgan fingerprint density at radius 3 is 2.49 bits per heavy atom. The molecule has 0 unspecified atom stereocenters. The van der Waals surface area contributed by atoms with Crippen LogP contribution in [-0.4, -0.2) is 78.2 Å². The van der Waals surface area contributed by atoms with E-state index in [4.69, 9.17) is 16.6 Å². The molecule has 51 heavy (non-hydrogen) atoms. The van der Waals surface area contributed by atoms with E-state index < -0.39 is 5.97 Å². The summed E-state index contributed by atoms with van der Waals surface area (Å²) in [7, 11) is 0. The summed E-state index contributed by atoms with van der Waals surface area (Å²) in [5.41, 5.74) is 11.0. The van der Waals surface area contributed by atoms with Crippen molar-refractivity contribution in [1.82, 2.24) is 29.7 Å². The number of benzene rings is 2. The molecule has 260 valence electrons. The highest BCUT2D eigenvalue weighted by Gasteiger charge is 2.28. The second-order valence-electron chi connectivity index (χ2n) is 14.0. The molecule has 2 atom stereocenters. The van der Waals surface area contributed by atoms with E-state index in [-0.39, 0.29) is 12.0 Å². The first-order chi connectivity index (χ1) is 24.7. The molecule has 4 N–H and O–H groups in total. The van der Waals surface area contributed by atoms with Crippen LogP contribution in [0.25, 0.3) is 44.2 Å². The number of aromatic amines is 1. The normalized spacial score (nSPS) is 18.3. The van der Waals surface area contributed by atoms with E-state index in [1.165, 1.54) is 0 Å². The number of carboxylic acids is 1. The predicted molar refractivity (Wildman–Crippen MR) is 201 cm³/mol. The summed E-state index contributed by atoms with van der Waals surface area (Å²) in [6.45, 7) is 8.56. The van der Waals surface area contributed by atoms with Crippen LogP contribution in [0.4, 0.5) is 11.5 Å². The van der Waals surface area contributed by atoms with Gasteiger partial charge >= 0.3 is 5.97 Å². The van der Waals surface area contributed by atoms with Crippen molar-refractivity contribution in [2.75, 3.05) is 31.5 Å². The van der Waals surface area contributed by atoms with Gasteiger partial charge in [0, 0.05) is 90.8 Å². The van der Waals surface area contributed by atoms with Gasteiger partial charge in [-0.1, -0.05) is 23.7 Å². The molecule has 10 nitrogen and oxygen atoms in total. The number of H-pyrrole nitrogens is 1. The first kappa shape index (κ1) is 33.3. The summed E-state index contributed by atoms with van der Waals surface area (Å²) < 4.78 is 0. The number of carboxylic acid groups (broad SMARTS) is 1. The van der Waals surface area contributed by atoms with Crippen molar-refractivity contribution in [1.29, 1.82) is 0 Å². The van der Waals surface area contributed by atoms with Crippen LogP contribution in [0, 0.1) is 19.8 Å². The number of pyridine rings is 3. The van der Waals surface area contributed by atoms with Gasteiger partial charge in [-0.05, 0) is 97.4 Å². The lowest BCUT2D eigenvalue weighted by Crippen LogP contribution is -2.22. The Kier molecular flexibility index (Phi) is 8.93. The number of aliphatic hydroxyl groups is 1. The van der Waals surface area contributed by atoms with Crippen molar-refractivity contribution in [3.8, 4) is 22.4 Å². The molecule has 0 radical (unpaired) electrons. The van der Waals surface area contributed by atoms with Crippen LogP contribution in [0.2, 0.25) is 5.02 Å². The van der Waals surface area contributed by atoms with E-state index in [1.807, 2.05) is 43.0 Å². The summed E-state index contributed by atoms with van der Waals surface area (Å²) in [5, 5.41) is 25.5. The fourth-order valence-corrected chi connectivity index (χ4v) is 7.98. The second-order valence-corrected chi connectivity index (χ2v) is 14.4. The molecule has 2 saturated heterocycles. The topological polar surface area (TPSA) is 130 Å². The van der Waals surface area contributed by atoms with Gasteiger partial charge in [-0.15, -0.1) is 0 Å². The summed E-state index contributed by atoms with van der Waals surface area (Å²) in [6, 6.07) is 16.6. The zero-order valence-electron chi connectivity index (χ0n) is 28.7. The van der Waals surface area contributed by atoms with Gasteiger partial charge in [0.05, 0.1) is 22.6 Å². The van der Waals surface area contributed by atoms with Crippen molar-refractivity contribution in [3.05, 3.63) is 101 Å². The molecule has 6 aromatic rings. The summed E-state index contributed by atoms with van der Waals surface area (Å²) in [6.07, 6.45) is 8.76. The van der Waals surface area contributed by atoms with Crippen molar-refractivity contribution in [2.24, 2.45) is 5.92 Å². The first-order valence-corrected chi connectivity index (χ1v) is 17.8. The van der Waals surface area contributed by atoms with Gasteiger partial charge in [-0.2, -0.15) is 0 Å². The van der Waals surface area contributed by atoms with Crippen molar-refractivity contribution < 1.29 is 15.0 Å². The number of fused-ring (bicyclic) bond motifs is 2. The molecule has 6 heterocycles. The fourth-order valence-electron chi connectivity index (χ4n) is 7.69. The molecule has 11 heteroatoms. The lowest BCUT2D eigenvalue weighted by molar-refractivity contribution is -0.141. The molecule has 0 saturated carbocycles. The average molecular weight is 702 g/mol. The lowest BCUT2D eigenvalue weighted by Gasteiger charge is -2.17. The number of aliphatic carboxylic acids is 1. The quantitative estimate of drug-likeness (QED) is 0.122. The van der Waals surface area contributed by atoms with Crippen LogP contribution in [0.3, 0.4) is 0 Å². The molecule has 8 rings (SSSR count). The van der Waals surface area contributed by atoms with E-state index in [1.54, 1.807) is 0 Å². The van der Waals surface area contributed by atoms with Crippen LogP contribution < -0.4 is 5.32 Å².